The Morgan fingerprint density at radius 1 is 1.55 bits per heavy atom. The SMILES string of the molecule is Nc1nnccc1OC1CC1. The van der Waals surface area contributed by atoms with Gasteiger partial charge in [-0.1, -0.05) is 0 Å². The second-order valence-electron chi connectivity index (χ2n) is 2.60. The zero-order valence-electron chi connectivity index (χ0n) is 6.03. The fourth-order valence-electron chi connectivity index (χ4n) is 0.796. The van der Waals surface area contributed by atoms with Gasteiger partial charge in [0.2, 0.25) is 0 Å². The largest absolute Gasteiger partial charge is 0.486 e. The molecule has 1 aromatic heterocycles. The molecule has 58 valence electrons. The first-order chi connectivity index (χ1) is 5.36. The maximum atomic E-state index is 5.50. The van der Waals surface area contributed by atoms with Crippen LogP contribution in [0.15, 0.2) is 12.3 Å². The number of hydrogen-bond acceptors (Lipinski definition) is 4. The van der Waals surface area contributed by atoms with Crippen molar-refractivity contribution in [2.45, 2.75) is 18.9 Å². The van der Waals surface area contributed by atoms with Gasteiger partial charge in [0.1, 0.15) is 0 Å². The van der Waals surface area contributed by atoms with E-state index in [1.54, 1.807) is 12.3 Å². The van der Waals surface area contributed by atoms with Crippen LogP contribution in [0.25, 0.3) is 0 Å². The molecule has 4 heteroatoms. The number of nitrogen functional groups attached to an aromatic ring is 1. The zero-order chi connectivity index (χ0) is 7.68. The van der Waals surface area contributed by atoms with Gasteiger partial charge in [-0.05, 0) is 12.8 Å². The molecule has 1 aliphatic carbocycles. The summed E-state index contributed by atoms with van der Waals surface area (Å²) in [7, 11) is 0. The molecule has 0 aromatic carbocycles. The topological polar surface area (TPSA) is 61.0 Å². The molecule has 4 nitrogen and oxygen atoms in total. The Morgan fingerprint density at radius 2 is 2.36 bits per heavy atom. The highest BCUT2D eigenvalue weighted by atomic mass is 16.5. The summed E-state index contributed by atoms with van der Waals surface area (Å²) in [5.74, 6) is 1.03. The molecule has 11 heavy (non-hydrogen) atoms. The molecule has 0 bridgehead atoms. The average molecular weight is 151 g/mol. The van der Waals surface area contributed by atoms with E-state index in [9.17, 15) is 0 Å². The van der Waals surface area contributed by atoms with E-state index >= 15 is 0 Å². The summed E-state index contributed by atoms with van der Waals surface area (Å²) in [5, 5.41) is 7.28. The molecule has 0 radical (unpaired) electrons. The second-order valence-corrected chi connectivity index (χ2v) is 2.60. The van der Waals surface area contributed by atoms with Gasteiger partial charge in [-0.2, -0.15) is 5.10 Å². The van der Waals surface area contributed by atoms with E-state index < -0.39 is 0 Å². The van der Waals surface area contributed by atoms with E-state index in [4.69, 9.17) is 10.5 Å². The summed E-state index contributed by atoms with van der Waals surface area (Å²) >= 11 is 0. The third kappa shape index (κ3) is 1.39. The maximum absolute atomic E-state index is 5.50. The van der Waals surface area contributed by atoms with E-state index in [2.05, 4.69) is 10.2 Å². The Labute approximate surface area is 64.4 Å². The molecule has 0 amide bonds. The van der Waals surface area contributed by atoms with Crippen molar-refractivity contribution in [3.8, 4) is 5.75 Å². The van der Waals surface area contributed by atoms with E-state index in [1.807, 2.05) is 0 Å². The zero-order valence-corrected chi connectivity index (χ0v) is 6.03. The predicted octanol–water partition coefficient (Wildman–Crippen LogP) is 0.600. The summed E-state index contributed by atoms with van der Waals surface area (Å²) < 4.78 is 5.43. The molecule has 0 aliphatic heterocycles. The number of rotatable bonds is 2. The van der Waals surface area contributed by atoms with Crippen molar-refractivity contribution in [3.63, 3.8) is 0 Å². The Morgan fingerprint density at radius 3 is 3.00 bits per heavy atom. The molecule has 1 heterocycles. The van der Waals surface area contributed by atoms with Crippen molar-refractivity contribution >= 4 is 5.82 Å². The lowest BCUT2D eigenvalue weighted by Crippen LogP contribution is -2.01. The van der Waals surface area contributed by atoms with E-state index in [0.29, 0.717) is 17.7 Å². The van der Waals surface area contributed by atoms with Gasteiger partial charge in [0, 0.05) is 6.07 Å². The van der Waals surface area contributed by atoms with Crippen LogP contribution in [0.3, 0.4) is 0 Å². The summed E-state index contributed by atoms with van der Waals surface area (Å²) in [5.41, 5.74) is 5.50. The van der Waals surface area contributed by atoms with E-state index in [-0.39, 0.29) is 0 Å². The molecule has 0 spiro atoms. The monoisotopic (exact) mass is 151 g/mol. The van der Waals surface area contributed by atoms with Crippen LogP contribution < -0.4 is 10.5 Å². The molecule has 1 aromatic rings. The Balaban J connectivity index is 2.15. The first-order valence-corrected chi connectivity index (χ1v) is 3.60. The van der Waals surface area contributed by atoms with Gasteiger partial charge >= 0.3 is 0 Å². The van der Waals surface area contributed by atoms with Crippen molar-refractivity contribution in [3.05, 3.63) is 12.3 Å². The first kappa shape index (κ1) is 6.39. The van der Waals surface area contributed by atoms with E-state index in [1.165, 1.54) is 0 Å². The van der Waals surface area contributed by atoms with Crippen LogP contribution in [-0.2, 0) is 0 Å². The number of nitrogens with zero attached hydrogens (tertiary/aromatic N) is 2. The summed E-state index contributed by atoms with van der Waals surface area (Å²) in [6.07, 6.45) is 4.19. The van der Waals surface area contributed by atoms with Crippen LogP contribution in [0.1, 0.15) is 12.8 Å². The van der Waals surface area contributed by atoms with Crippen LogP contribution in [0.2, 0.25) is 0 Å². The summed E-state index contributed by atoms with van der Waals surface area (Å²) in [4.78, 5) is 0. The van der Waals surface area contributed by atoms with Gasteiger partial charge in [0.05, 0.1) is 12.3 Å². The normalized spacial score (nSPS) is 16.4. The van der Waals surface area contributed by atoms with Crippen LogP contribution in [-0.4, -0.2) is 16.3 Å². The molecule has 1 aliphatic rings. The quantitative estimate of drug-likeness (QED) is 0.672. The molecule has 0 atom stereocenters. The van der Waals surface area contributed by atoms with Gasteiger partial charge in [-0.15, -0.1) is 5.10 Å². The van der Waals surface area contributed by atoms with Gasteiger partial charge in [0.25, 0.3) is 0 Å². The summed E-state index contributed by atoms with van der Waals surface area (Å²) in [6.45, 7) is 0. The Bertz CT molecular complexity index is 260. The first-order valence-electron chi connectivity index (χ1n) is 3.60. The molecule has 2 rings (SSSR count). The van der Waals surface area contributed by atoms with Crippen LogP contribution in [0.5, 0.6) is 5.75 Å². The van der Waals surface area contributed by atoms with Gasteiger partial charge < -0.3 is 10.5 Å². The van der Waals surface area contributed by atoms with Crippen molar-refractivity contribution in [2.24, 2.45) is 0 Å². The van der Waals surface area contributed by atoms with Gasteiger partial charge in [0.15, 0.2) is 11.6 Å². The molecule has 1 fully saturated rings. The third-order valence-electron chi connectivity index (χ3n) is 1.53. The lowest BCUT2D eigenvalue weighted by Gasteiger charge is -2.03. The highest BCUT2D eigenvalue weighted by Crippen LogP contribution is 2.28. The van der Waals surface area contributed by atoms with Gasteiger partial charge in [-0.25, -0.2) is 0 Å². The maximum Gasteiger partial charge on any atom is 0.188 e. The van der Waals surface area contributed by atoms with Crippen LogP contribution in [0, 0.1) is 0 Å². The minimum atomic E-state index is 0.362. The highest BCUT2D eigenvalue weighted by Gasteiger charge is 2.24. The molecule has 2 N–H and O–H groups in total. The highest BCUT2D eigenvalue weighted by molar-refractivity contribution is 5.43. The van der Waals surface area contributed by atoms with Gasteiger partial charge in [-0.3, -0.25) is 0 Å². The number of nitrogens with two attached hydrogens (primary N) is 1. The average Bonchev–Trinajstić information content (AvgIpc) is 2.78. The standard InChI is InChI=1S/C7H9N3O/c8-7-6(3-4-9-10-7)11-5-1-2-5/h3-5H,1-2H2,(H2,8,10). The second kappa shape index (κ2) is 2.38. The van der Waals surface area contributed by atoms with Crippen molar-refractivity contribution in [1.29, 1.82) is 0 Å². The lowest BCUT2D eigenvalue weighted by molar-refractivity contribution is 0.303. The van der Waals surface area contributed by atoms with Crippen molar-refractivity contribution in [1.82, 2.24) is 10.2 Å². The van der Waals surface area contributed by atoms with Crippen molar-refractivity contribution in [2.75, 3.05) is 5.73 Å². The fourth-order valence-corrected chi connectivity index (χ4v) is 0.796. The molecular formula is C7H9N3O. The van der Waals surface area contributed by atoms with E-state index in [0.717, 1.165) is 12.8 Å². The fraction of sp³-hybridized carbons (Fsp3) is 0.429. The number of aromatic nitrogens is 2. The van der Waals surface area contributed by atoms with Crippen molar-refractivity contribution < 1.29 is 4.74 Å². The van der Waals surface area contributed by atoms with Crippen LogP contribution >= 0.6 is 0 Å². The number of hydrogen-bond donors (Lipinski definition) is 1. The van der Waals surface area contributed by atoms with Crippen LogP contribution in [0.4, 0.5) is 5.82 Å². The molecule has 0 saturated heterocycles. The number of ether oxygens (including phenoxy) is 1. The minimum absolute atomic E-state index is 0.362. The third-order valence-corrected chi connectivity index (χ3v) is 1.53. The molecular weight excluding hydrogens is 142 g/mol. The smallest absolute Gasteiger partial charge is 0.188 e. The number of anilines is 1. The molecule has 1 saturated carbocycles. The Hall–Kier alpha value is -1.32. The molecule has 0 unspecified atom stereocenters. The predicted molar refractivity (Wildman–Crippen MR) is 40.1 cm³/mol. The Kier molecular flexibility index (Phi) is 1.38. The lowest BCUT2D eigenvalue weighted by atomic mass is 10.5. The minimum Gasteiger partial charge on any atom is -0.486 e. The summed E-state index contributed by atoms with van der Waals surface area (Å²) in [6, 6.07) is 1.74.